The lowest BCUT2D eigenvalue weighted by molar-refractivity contribution is -0.112. The van der Waals surface area contributed by atoms with E-state index in [1.165, 1.54) is 16.7 Å². The summed E-state index contributed by atoms with van der Waals surface area (Å²) in [4.78, 5) is 11.7. The van der Waals surface area contributed by atoms with E-state index in [1.54, 1.807) is 20.1 Å². The molecule has 5 heteroatoms. The molecule has 2 aliphatic rings. The number of ketones is 1. The number of allylic oxidation sites excluding steroid dienone is 2. The first-order chi connectivity index (χ1) is 13.5. The third-order valence-corrected chi connectivity index (χ3v) is 6.04. The van der Waals surface area contributed by atoms with Crippen LogP contribution in [0.25, 0.3) is 0 Å². The molecule has 4 rings (SSSR count). The number of methoxy groups -OCH3 is 1. The van der Waals surface area contributed by atoms with E-state index in [9.17, 15) is 4.79 Å². The average molecular weight is 439 g/mol. The van der Waals surface area contributed by atoms with Crippen LogP contribution in [-0.4, -0.2) is 23.6 Å². The SMILES string of the molecule is COc1ccc2c(c1)CCC1C2=NN(/C(C)=C\C(C)=O)C1c1ccc(Br)cc1. The van der Waals surface area contributed by atoms with Crippen LogP contribution in [0.1, 0.15) is 43.0 Å². The maximum absolute atomic E-state index is 11.7. The summed E-state index contributed by atoms with van der Waals surface area (Å²) in [5.74, 6) is 1.20. The number of hydrogen-bond donors (Lipinski definition) is 0. The lowest BCUT2D eigenvalue weighted by atomic mass is 9.77. The Bertz CT molecular complexity index is 979. The van der Waals surface area contributed by atoms with E-state index in [2.05, 4.69) is 52.3 Å². The summed E-state index contributed by atoms with van der Waals surface area (Å²) in [6.45, 7) is 3.54. The van der Waals surface area contributed by atoms with Crippen LogP contribution in [0.2, 0.25) is 0 Å². The number of hydrogen-bond acceptors (Lipinski definition) is 4. The number of nitrogens with zero attached hydrogens (tertiary/aromatic N) is 2. The normalized spacial score (nSPS) is 21.1. The number of carbonyl (C=O) groups is 1. The van der Waals surface area contributed by atoms with Gasteiger partial charge in [-0.1, -0.05) is 28.1 Å². The molecule has 0 N–H and O–H groups in total. The average Bonchev–Trinajstić information content (AvgIpc) is 3.07. The molecule has 0 fully saturated rings. The molecule has 1 aliphatic carbocycles. The summed E-state index contributed by atoms with van der Waals surface area (Å²) in [6.07, 6.45) is 3.68. The van der Waals surface area contributed by atoms with E-state index in [0.29, 0.717) is 0 Å². The van der Waals surface area contributed by atoms with E-state index in [1.807, 2.05) is 18.0 Å². The number of rotatable bonds is 4. The van der Waals surface area contributed by atoms with Gasteiger partial charge in [0.2, 0.25) is 0 Å². The summed E-state index contributed by atoms with van der Waals surface area (Å²) in [6, 6.07) is 14.7. The second kappa shape index (κ2) is 7.55. The Labute approximate surface area is 174 Å². The first kappa shape index (κ1) is 18.9. The highest BCUT2D eigenvalue weighted by Crippen LogP contribution is 2.45. The van der Waals surface area contributed by atoms with Crippen molar-refractivity contribution in [2.75, 3.05) is 7.11 Å². The van der Waals surface area contributed by atoms with Gasteiger partial charge in [0, 0.05) is 27.7 Å². The Balaban J connectivity index is 1.81. The maximum atomic E-state index is 11.7. The van der Waals surface area contributed by atoms with E-state index < -0.39 is 0 Å². The molecule has 2 unspecified atom stereocenters. The van der Waals surface area contributed by atoms with Crippen molar-refractivity contribution in [3.8, 4) is 5.75 Å². The zero-order chi connectivity index (χ0) is 19.8. The molecule has 0 saturated heterocycles. The second-order valence-corrected chi connectivity index (χ2v) is 8.31. The van der Waals surface area contributed by atoms with Gasteiger partial charge in [0.15, 0.2) is 5.78 Å². The van der Waals surface area contributed by atoms with Crippen molar-refractivity contribution in [1.29, 1.82) is 0 Å². The van der Waals surface area contributed by atoms with Gasteiger partial charge in [-0.15, -0.1) is 0 Å². The molecule has 0 saturated carbocycles. The zero-order valence-electron chi connectivity index (χ0n) is 16.3. The Kier molecular flexibility index (Phi) is 5.11. The van der Waals surface area contributed by atoms with Crippen molar-refractivity contribution in [3.05, 3.63) is 75.4 Å². The monoisotopic (exact) mass is 438 g/mol. The predicted molar refractivity (Wildman–Crippen MR) is 115 cm³/mol. The zero-order valence-corrected chi connectivity index (χ0v) is 17.9. The van der Waals surface area contributed by atoms with Crippen molar-refractivity contribution in [2.24, 2.45) is 11.0 Å². The predicted octanol–water partition coefficient (Wildman–Crippen LogP) is 5.27. The van der Waals surface area contributed by atoms with Crippen LogP contribution >= 0.6 is 15.9 Å². The summed E-state index contributed by atoms with van der Waals surface area (Å²) in [5.41, 5.74) is 5.65. The molecule has 2 aromatic rings. The highest BCUT2D eigenvalue weighted by atomic mass is 79.9. The number of fused-ring (bicyclic) bond motifs is 3. The first-order valence-corrected chi connectivity index (χ1v) is 10.3. The number of carbonyl (C=O) groups excluding carboxylic acids is 1. The highest BCUT2D eigenvalue weighted by Gasteiger charge is 2.42. The minimum Gasteiger partial charge on any atom is -0.497 e. The van der Waals surface area contributed by atoms with Gasteiger partial charge >= 0.3 is 0 Å². The van der Waals surface area contributed by atoms with Crippen molar-refractivity contribution < 1.29 is 9.53 Å². The molecule has 0 radical (unpaired) electrons. The smallest absolute Gasteiger partial charge is 0.154 e. The van der Waals surface area contributed by atoms with Crippen LogP contribution < -0.4 is 4.74 Å². The molecular weight excluding hydrogens is 416 g/mol. The quantitative estimate of drug-likeness (QED) is 0.610. The van der Waals surface area contributed by atoms with Crippen LogP contribution in [0, 0.1) is 5.92 Å². The summed E-state index contributed by atoms with van der Waals surface area (Å²) >= 11 is 3.52. The van der Waals surface area contributed by atoms with Crippen LogP contribution in [0.5, 0.6) is 5.75 Å². The molecule has 2 aromatic carbocycles. The molecule has 0 aromatic heterocycles. The summed E-state index contributed by atoms with van der Waals surface area (Å²) < 4.78 is 6.45. The van der Waals surface area contributed by atoms with Gasteiger partial charge in [-0.2, -0.15) is 5.10 Å². The van der Waals surface area contributed by atoms with E-state index in [0.717, 1.165) is 34.5 Å². The minimum atomic E-state index is 0.0345. The fraction of sp³-hybridized carbons (Fsp3) is 0.304. The Morgan fingerprint density at radius 3 is 2.64 bits per heavy atom. The van der Waals surface area contributed by atoms with Crippen LogP contribution in [0.15, 0.2) is 63.8 Å². The topological polar surface area (TPSA) is 41.9 Å². The van der Waals surface area contributed by atoms with Gasteiger partial charge in [0.1, 0.15) is 5.75 Å². The Morgan fingerprint density at radius 2 is 1.96 bits per heavy atom. The lowest BCUT2D eigenvalue weighted by Crippen LogP contribution is -2.28. The molecule has 4 nitrogen and oxygen atoms in total. The Morgan fingerprint density at radius 1 is 1.21 bits per heavy atom. The standard InChI is InChI=1S/C23H23BrN2O2/c1-14(12-15(2)27)26-23(16-4-7-18(24)8-5-16)21-10-6-17-13-19(28-3)9-11-20(17)22(21)25-26/h4-5,7-9,11-13,21,23H,6,10H2,1-3H3/b14-12-. The van der Waals surface area contributed by atoms with Gasteiger partial charge in [-0.25, -0.2) is 0 Å². The first-order valence-electron chi connectivity index (χ1n) is 9.47. The van der Waals surface area contributed by atoms with Crippen LogP contribution in [0.3, 0.4) is 0 Å². The number of halogens is 1. The molecule has 144 valence electrons. The molecular formula is C23H23BrN2O2. The van der Waals surface area contributed by atoms with Gasteiger partial charge < -0.3 is 4.74 Å². The summed E-state index contributed by atoms with van der Waals surface area (Å²) in [7, 11) is 1.70. The summed E-state index contributed by atoms with van der Waals surface area (Å²) in [5, 5.41) is 7.05. The number of aryl methyl sites for hydroxylation is 1. The van der Waals surface area contributed by atoms with E-state index in [4.69, 9.17) is 9.84 Å². The third-order valence-electron chi connectivity index (χ3n) is 5.51. The van der Waals surface area contributed by atoms with Gasteiger partial charge in [0.25, 0.3) is 0 Å². The third kappa shape index (κ3) is 3.39. The van der Waals surface area contributed by atoms with Gasteiger partial charge in [-0.05, 0) is 68.1 Å². The molecule has 1 heterocycles. The molecule has 1 aliphatic heterocycles. The molecule has 28 heavy (non-hydrogen) atoms. The maximum Gasteiger partial charge on any atom is 0.154 e. The van der Waals surface area contributed by atoms with Crippen molar-refractivity contribution in [2.45, 2.75) is 32.7 Å². The lowest BCUT2D eigenvalue weighted by Gasteiger charge is -2.31. The van der Waals surface area contributed by atoms with Gasteiger partial charge in [0.05, 0.1) is 18.9 Å². The molecule has 0 amide bonds. The second-order valence-electron chi connectivity index (χ2n) is 7.39. The van der Waals surface area contributed by atoms with Crippen molar-refractivity contribution in [1.82, 2.24) is 5.01 Å². The van der Waals surface area contributed by atoms with Crippen LogP contribution in [0.4, 0.5) is 0 Å². The van der Waals surface area contributed by atoms with E-state index in [-0.39, 0.29) is 17.7 Å². The minimum absolute atomic E-state index is 0.0345. The van der Waals surface area contributed by atoms with Gasteiger partial charge in [-0.3, -0.25) is 9.80 Å². The van der Waals surface area contributed by atoms with E-state index >= 15 is 0 Å². The number of hydrazone groups is 1. The van der Waals surface area contributed by atoms with Crippen LogP contribution in [-0.2, 0) is 11.2 Å². The fourth-order valence-electron chi connectivity index (χ4n) is 4.28. The highest BCUT2D eigenvalue weighted by molar-refractivity contribution is 9.10. The fourth-order valence-corrected chi connectivity index (χ4v) is 4.54. The largest absolute Gasteiger partial charge is 0.497 e. The number of ether oxygens (including phenoxy) is 1. The molecule has 2 atom stereocenters. The molecule has 0 spiro atoms. The Hall–Kier alpha value is -2.40. The van der Waals surface area contributed by atoms with Crippen molar-refractivity contribution >= 4 is 27.4 Å². The number of benzene rings is 2. The molecule has 0 bridgehead atoms. The van der Waals surface area contributed by atoms with Crippen molar-refractivity contribution in [3.63, 3.8) is 0 Å².